The summed E-state index contributed by atoms with van der Waals surface area (Å²) in [5, 5.41) is 11.5. The first-order valence-electron chi connectivity index (χ1n) is 5.90. The van der Waals surface area contributed by atoms with Crippen LogP contribution in [0.4, 0.5) is 0 Å². The van der Waals surface area contributed by atoms with E-state index in [1.165, 1.54) is 11.3 Å². The van der Waals surface area contributed by atoms with Crippen molar-refractivity contribution in [3.05, 3.63) is 20.3 Å². The maximum atomic E-state index is 12.4. The third-order valence-electron chi connectivity index (χ3n) is 2.69. The molecule has 1 aromatic heterocycles. The zero-order valence-electron chi connectivity index (χ0n) is 11.2. The Bertz CT molecular complexity index is 466. The van der Waals surface area contributed by atoms with Crippen molar-refractivity contribution >= 4 is 39.0 Å². The molecule has 0 aliphatic carbocycles. The average Bonchev–Trinajstić information content (AvgIpc) is 2.68. The molecule has 0 aliphatic rings. The number of carbonyl (C=O) groups is 1. The van der Waals surface area contributed by atoms with E-state index in [-0.39, 0.29) is 17.8 Å². The summed E-state index contributed by atoms with van der Waals surface area (Å²) in [4.78, 5) is 14.8. The van der Waals surface area contributed by atoms with E-state index in [4.69, 9.17) is 10.9 Å². The van der Waals surface area contributed by atoms with Crippen LogP contribution in [-0.4, -0.2) is 34.4 Å². The molecule has 0 saturated carbocycles. The Labute approximate surface area is 125 Å². The van der Waals surface area contributed by atoms with Crippen molar-refractivity contribution in [2.24, 2.45) is 10.9 Å². The lowest BCUT2D eigenvalue weighted by Crippen LogP contribution is -2.38. The van der Waals surface area contributed by atoms with Crippen LogP contribution in [0.25, 0.3) is 0 Å². The van der Waals surface area contributed by atoms with Gasteiger partial charge in [0.2, 0.25) is 0 Å². The number of nitrogens with zero attached hydrogens (tertiary/aromatic N) is 2. The van der Waals surface area contributed by atoms with Crippen LogP contribution in [0.5, 0.6) is 0 Å². The van der Waals surface area contributed by atoms with Gasteiger partial charge in [-0.15, -0.1) is 11.3 Å². The Morgan fingerprint density at radius 3 is 2.68 bits per heavy atom. The highest BCUT2D eigenvalue weighted by Gasteiger charge is 2.21. The molecule has 19 heavy (non-hydrogen) atoms. The first-order chi connectivity index (χ1) is 8.86. The summed E-state index contributed by atoms with van der Waals surface area (Å²) in [6.45, 7) is 6.27. The molecule has 0 aromatic carbocycles. The molecule has 1 amide bonds. The number of hydrogen-bond donors (Lipinski definition) is 2. The maximum Gasteiger partial charge on any atom is 0.264 e. The summed E-state index contributed by atoms with van der Waals surface area (Å²) in [6.07, 6.45) is 0.353. The maximum absolute atomic E-state index is 12.4. The molecule has 106 valence electrons. The smallest absolute Gasteiger partial charge is 0.264 e. The Morgan fingerprint density at radius 2 is 2.26 bits per heavy atom. The van der Waals surface area contributed by atoms with Crippen molar-refractivity contribution in [2.45, 2.75) is 33.2 Å². The van der Waals surface area contributed by atoms with Gasteiger partial charge in [-0.1, -0.05) is 5.16 Å². The van der Waals surface area contributed by atoms with Gasteiger partial charge < -0.3 is 15.8 Å². The summed E-state index contributed by atoms with van der Waals surface area (Å²) in [5.41, 5.74) is 6.50. The van der Waals surface area contributed by atoms with Crippen LogP contribution in [0.1, 0.15) is 35.5 Å². The van der Waals surface area contributed by atoms with Gasteiger partial charge in [0.25, 0.3) is 5.91 Å². The molecule has 1 rings (SSSR count). The minimum Gasteiger partial charge on any atom is -0.409 e. The van der Waals surface area contributed by atoms with Gasteiger partial charge >= 0.3 is 0 Å². The monoisotopic (exact) mass is 347 g/mol. The molecular formula is C12H18BrN3O2S. The van der Waals surface area contributed by atoms with Crippen LogP contribution >= 0.6 is 27.3 Å². The van der Waals surface area contributed by atoms with Crippen molar-refractivity contribution in [1.29, 1.82) is 0 Å². The summed E-state index contributed by atoms with van der Waals surface area (Å²) in [5.74, 6) is 0.0986. The number of rotatable bonds is 5. The number of thiophene rings is 1. The van der Waals surface area contributed by atoms with E-state index in [1.807, 2.05) is 26.8 Å². The van der Waals surface area contributed by atoms with E-state index in [9.17, 15) is 4.79 Å². The van der Waals surface area contributed by atoms with Gasteiger partial charge in [-0.2, -0.15) is 0 Å². The second-order valence-electron chi connectivity index (χ2n) is 4.50. The third-order valence-corrected chi connectivity index (χ3v) is 4.81. The van der Waals surface area contributed by atoms with Crippen LogP contribution < -0.4 is 5.73 Å². The molecule has 5 nitrogen and oxygen atoms in total. The van der Waals surface area contributed by atoms with E-state index in [0.29, 0.717) is 17.8 Å². The van der Waals surface area contributed by atoms with Crippen LogP contribution in [-0.2, 0) is 0 Å². The SMILES string of the molecule is Cc1cc(C(=O)N(CCC(N)=NO)C(C)C)sc1Br. The second-order valence-corrected chi connectivity index (χ2v) is 6.87. The molecule has 0 bridgehead atoms. The number of nitrogens with two attached hydrogens (primary N) is 1. The molecule has 0 saturated heterocycles. The van der Waals surface area contributed by atoms with Crippen LogP contribution in [0, 0.1) is 6.92 Å². The predicted octanol–water partition coefficient (Wildman–Crippen LogP) is 2.81. The minimum absolute atomic E-state index is 0.0282. The van der Waals surface area contributed by atoms with Crippen molar-refractivity contribution in [1.82, 2.24) is 4.90 Å². The highest BCUT2D eigenvalue weighted by molar-refractivity contribution is 9.11. The Hall–Kier alpha value is -1.08. The molecule has 1 heterocycles. The van der Waals surface area contributed by atoms with Crippen LogP contribution in [0.2, 0.25) is 0 Å². The largest absolute Gasteiger partial charge is 0.409 e. The fourth-order valence-electron chi connectivity index (χ4n) is 1.59. The fourth-order valence-corrected chi connectivity index (χ4v) is 3.08. The molecule has 0 unspecified atom stereocenters. The van der Waals surface area contributed by atoms with Gasteiger partial charge in [-0.3, -0.25) is 4.79 Å². The average molecular weight is 348 g/mol. The highest BCUT2D eigenvalue weighted by atomic mass is 79.9. The van der Waals surface area contributed by atoms with E-state index in [1.54, 1.807) is 4.90 Å². The minimum atomic E-state index is -0.0282. The van der Waals surface area contributed by atoms with Crippen LogP contribution in [0.3, 0.4) is 0 Å². The first kappa shape index (κ1) is 16.0. The summed E-state index contributed by atoms with van der Waals surface area (Å²) >= 11 is 4.84. The first-order valence-corrected chi connectivity index (χ1v) is 7.51. The molecule has 1 aromatic rings. The van der Waals surface area contributed by atoms with Gasteiger partial charge in [0, 0.05) is 19.0 Å². The molecule has 7 heteroatoms. The Morgan fingerprint density at radius 1 is 1.63 bits per heavy atom. The number of amidine groups is 1. The number of hydrogen-bond acceptors (Lipinski definition) is 4. The normalized spacial score (nSPS) is 11.9. The van der Waals surface area contributed by atoms with Gasteiger partial charge in [-0.25, -0.2) is 0 Å². The second kappa shape index (κ2) is 6.91. The number of carbonyl (C=O) groups excluding carboxylic acids is 1. The highest BCUT2D eigenvalue weighted by Crippen LogP contribution is 2.28. The zero-order chi connectivity index (χ0) is 14.6. The molecular weight excluding hydrogens is 330 g/mol. The lowest BCUT2D eigenvalue weighted by atomic mass is 10.2. The van der Waals surface area contributed by atoms with Gasteiger partial charge in [0.1, 0.15) is 5.84 Å². The lowest BCUT2D eigenvalue weighted by molar-refractivity contribution is 0.0716. The summed E-state index contributed by atoms with van der Waals surface area (Å²) < 4.78 is 0.969. The van der Waals surface area contributed by atoms with E-state index in [0.717, 1.165) is 9.35 Å². The van der Waals surface area contributed by atoms with Crippen LogP contribution in [0.15, 0.2) is 15.0 Å². The molecule has 0 atom stereocenters. The van der Waals surface area contributed by atoms with E-state index >= 15 is 0 Å². The Balaban J connectivity index is 2.84. The molecule has 0 spiro atoms. The summed E-state index contributed by atoms with van der Waals surface area (Å²) in [7, 11) is 0. The molecule has 0 radical (unpaired) electrons. The number of oxime groups is 1. The predicted molar refractivity (Wildman–Crippen MR) is 81.0 cm³/mol. The molecule has 0 aliphatic heterocycles. The molecule has 3 N–H and O–H groups in total. The zero-order valence-corrected chi connectivity index (χ0v) is 13.6. The van der Waals surface area contributed by atoms with E-state index in [2.05, 4.69) is 21.1 Å². The van der Waals surface area contributed by atoms with Crippen molar-refractivity contribution in [2.75, 3.05) is 6.54 Å². The van der Waals surface area contributed by atoms with Crippen molar-refractivity contribution in [3.8, 4) is 0 Å². The van der Waals surface area contributed by atoms with Crippen molar-refractivity contribution < 1.29 is 10.0 Å². The fraction of sp³-hybridized carbons (Fsp3) is 0.500. The Kier molecular flexibility index (Phi) is 5.81. The number of amides is 1. The lowest BCUT2D eigenvalue weighted by Gasteiger charge is -2.26. The third kappa shape index (κ3) is 4.21. The van der Waals surface area contributed by atoms with E-state index < -0.39 is 0 Å². The van der Waals surface area contributed by atoms with Gasteiger partial charge in [0.15, 0.2) is 0 Å². The topological polar surface area (TPSA) is 78.9 Å². The standard InChI is InChI=1S/C12H18BrN3O2S/c1-7(2)16(5-4-10(14)15-18)12(17)9-6-8(3)11(13)19-9/h6-7,18H,4-5H2,1-3H3,(H2,14,15). The number of halogens is 1. The van der Waals surface area contributed by atoms with Crippen molar-refractivity contribution in [3.63, 3.8) is 0 Å². The number of aryl methyl sites for hydroxylation is 1. The van der Waals surface area contributed by atoms with Gasteiger partial charge in [-0.05, 0) is 48.3 Å². The quantitative estimate of drug-likeness (QED) is 0.372. The van der Waals surface area contributed by atoms with Gasteiger partial charge in [0.05, 0.1) is 8.66 Å². The summed E-state index contributed by atoms with van der Waals surface area (Å²) in [6, 6.07) is 1.93. The molecule has 0 fully saturated rings.